The van der Waals surface area contributed by atoms with Gasteiger partial charge in [-0.1, -0.05) is 41.9 Å². The molecule has 0 atom stereocenters. The lowest BCUT2D eigenvalue weighted by Crippen LogP contribution is -2.22. The highest BCUT2D eigenvalue weighted by Crippen LogP contribution is 2.23. The fourth-order valence-electron chi connectivity index (χ4n) is 3.34. The van der Waals surface area contributed by atoms with E-state index < -0.39 is 0 Å². The monoisotopic (exact) mass is 392 g/mol. The van der Waals surface area contributed by atoms with Gasteiger partial charge in [0.15, 0.2) is 0 Å². The fourth-order valence-corrected chi connectivity index (χ4v) is 3.54. The molecule has 1 fully saturated rings. The van der Waals surface area contributed by atoms with Gasteiger partial charge in [-0.2, -0.15) is 0 Å². The second-order valence-corrected chi connectivity index (χ2v) is 7.21. The number of rotatable bonds is 5. The zero-order valence-corrected chi connectivity index (χ0v) is 16.2. The van der Waals surface area contributed by atoms with Gasteiger partial charge in [0.1, 0.15) is 12.1 Å². The molecular weight excluding hydrogens is 372 g/mol. The first-order valence-electron chi connectivity index (χ1n) is 9.40. The molecule has 1 amide bonds. The topological polar surface area (TPSA) is 58.1 Å². The van der Waals surface area contributed by atoms with Gasteiger partial charge in [0, 0.05) is 41.9 Å². The van der Waals surface area contributed by atoms with Crippen LogP contribution >= 0.6 is 11.6 Å². The number of amides is 1. The van der Waals surface area contributed by atoms with Crippen LogP contribution in [0.1, 0.15) is 28.8 Å². The fraction of sp³-hybridized carbons (Fsp3) is 0.227. The van der Waals surface area contributed by atoms with Crippen molar-refractivity contribution in [3.63, 3.8) is 0 Å². The Morgan fingerprint density at radius 3 is 2.54 bits per heavy atom. The van der Waals surface area contributed by atoms with Gasteiger partial charge in [0.2, 0.25) is 0 Å². The molecule has 1 saturated heterocycles. The molecule has 1 aliphatic rings. The molecule has 4 rings (SSSR count). The van der Waals surface area contributed by atoms with E-state index in [9.17, 15) is 4.79 Å². The molecule has 5 nitrogen and oxygen atoms in total. The summed E-state index contributed by atoms with van der Waals surface area (Å²) in [5.74, 6) is 0.830. The van der Waals surface area contributed by atoms with E-state index in [0.29, 0.717) is 17.1 Å². The number of hydrogen-bond acceptors (Lipinski definition) is 4. The number of nitrogens with zero attached hydrogens (tertiary/aromatic N) is 3. The minimum absolute atomic E-state index is 0.132. The van der Waals surface area contributed by atoms with Gasteiger partial charge < -0.3 is 10.2 Å². The van der Waals surface area contributed by atoms with Crippen LogP contribution in [0, 0.1) is 0 Å². The summed E-state index contributed by atoms with van der Waals surface area (Å²) in [6.45, 7) is 2.48. The van der Waals surface area contributed by atoms with E-state index in [-0.39, 0.29) is 5.91 Å². The maximum atomic E-state index is 12.4. The van der Waals surface area contributed by atoms with Crippen molar-refractivity contribution in [1.82, 2.24) is 15.3 Å². The summed E-state index contributed by atoms with van der Waals surface area (Å²) in [6, 6.07) is 17.0. The summed E-state index contributed by atoms with van der Waals surface area (Å²) in [4.78, 5) is 23.5. The molecule has 6 heteroatoms. The van der Waals surface area contributed by atoms with Gasteiger partial charge in [-0.3, -0.25) is 4.79 Å². The molecular formula is C22H21ClN4O. The number of carbonyl (C=O) groups excluding carboxylic acids is 1. The van der Waals surface area contributed by atoms with E-state index in [1.54, 1.807) is 6.33 Å². The Morgan fingerprint density at radius 1 is 1.04 bits per heavy atom. The molecule has 3 aromatic rings. The van der Waals surface area contributed by atoms with Crippen molar-refractivity contribution in [2.45, 2.75) is 19.4 Å². The van der Waals surface area contributed by atoms with Crippen LogP contribution < -0.4 is 10.2 Å². The lowest BCUT2D eigenvalue weighted by atomic mass is 10.1. The Balaban J connectivity index is 1.44. The summed E-state index contributed by atoms with van der Waals surface area (Å²) in [7, 11) is 0. The smallest absolute Gasteiger partial charge is 0.251 e. The molecule has 0 saturated carbocycles. The van der Waals surface area contributed by atoms with Crippen LogP contribution in [0.15, 0.2) is 60.9 Å². The second-order valence-electron chi connectivity index (χ2n) is 6.81. The van der Waals surface area contributed by atoms with Crippen LogP contribution in [0.25, 0.3) is 11.3 Å². The molecule has 0 spiro atoms. The highest BCUT2D eigenvalue weighted by Gasteiger charge is 2.14. The standard InChI is InChI=1S/C22H21ClN4O/c23-19-6-2-1-5-18(19)14-24-22(28)17-9-7-16(8-10-17)20-13-21(26-15-25-20)27-11-3-4-12-27/h1-2,5-10,13,15H,3-4,11-12,14H2,(H,24,28). The molecule has 2 heterocycles. The molecule has 1 N–H and O–H groups in total. The molecule has 28 heavy (non-hydrogen) atoms. The first kappa shape index (κ1) is 18.4. The molecule has 0 unspecified atom stereocenters. The minimum atomic E-state index is -0.132. The van der Waals surface area contributed by atoms with Crippen LogP contribution in [0.5, 0.6) is 0 Å². The maximum absolute atomic E-state index is 12.4. The molecule has 1 aromatic heterocycles. The zero-order chi connectivity index (χ0) is 19.3. The summed E-state index contributed by atoms with van der Waals surface area (Å²) in [5, 5.41) is 3.55. The van der Waals surface area contributed by atoms with Crippen LogP contribution in [0.4, 0.5) is 5.82 Å². The SMILES string of the molecule is O=C(NCc1ccccc1Cl)c1ccc(-c2cc(N3CCCC3)ncn2)cc1. The Kier molecular flexibility index (Phi) is 5.53. The van der Waals surface area contributed by atoms with Crippen molar-refractivity contribution in [3.8, 4) is 11.3 Å². The van der Waals surface area contributed by atoms with Crippen LogP contribution in [-0.2, 0) is 6.54 Å². The number of aromatic nitrogens is 2. The first-order chi connectivity index (χ1) is 13.7. The molecule has 2 aromatic carbocycles. The summed E-state index contributed by atoms with van der Waals surface area (Å²) < 4.78 is 0. The van der Waals surface area contributed by atoms with Crippen molar-refractivity contribution in [2.75, 3.05) is 18.0 Å². The Morgan fingerprint density at radius 2 is 1.79 bits per heavy atom. The van der Waals surface area contributed by atoms with Gasteiger partial charge >= 0.3 is 0 Å². The molecule has 0 aliphatic carbocycles. The van der Waals surface area contributed by atoms with E-state index in [0.717, 1.165) is 35.7 Å². The van der Waals surface area contributed by atoms with Gasteiger partial charge in [-0.05, 0) is 36.6 Å². The normalized spacial score (nSPS) is 13.5. The molecule has 142 valence electrons. The number of hydrogen-bond donors (Lipinski definition) is 1. The van der Waals surface area contributed by atoms with Gasteiger partial charge in [-0.25, -0.2) is 9.97 Å². The van der Waals surface area contributed by atoms with Crippen molar-refractivity contribution in [3.05, 3.63) is 77.1 Å². The third-order valence-electron chi connectivity index (χ3n) is 4.92. The van der Waals surface area contributed by atoms with E-state index in [1.807, 2.05) is 54.6 Å². The van der Waals surface area contributed by atoms with Crippen molar-refractivity contribution < 1.29 is 4.79 Å². The predicted octanol–water partition coefficient (Wildman–Crippen LogP) is 4.33. The van der Waals surface area contributed by atoms with E-state index >= 15 is 0 Å². The van der Waals surface area contributed by atoms with Crippen molar-refractivity contribution >= 4 is 23.3 Å². The van der Waals surface area contributed by atoms with Gasteiger partial charge in [0.25, 0.3) is 5.91 Å². The van der Waals surface area contributed by atoms with Gasteiger partial charge in [-0.15, -0.1) is 0 Å². The number of nitrogens with one attached hydrogen (secondary N) is 1. The van der Waals surface area contributed by atoms with Crippen LogP contribution in [-0.4, -0.2) is 29.0 Å². The Labute approximate surface area is 169 Å². The lowest BCUT2D eigenvalue weighted by molar-refractivity contribution is 0.0951. The Bertz CT molecular complexity index is 968. The van der Waals surface area contributed by atoms with Crippen molar-refractivity contribution in [1.29, 1.82) is 0 Å². The molecule has 0 bridgehead atoms. The number of carbonyl (C=O) groups is 1. The zero-order valence-electron chi connectivity index (χ0n) is 15.4. The maximum Gasteiger partial charge on any atom is 0.251 e. The summed E-state index contributed by atoms with van der Waals surface area (Å²) >= 11 is 6.14. The quantitative estimate of drug-likeness (QED) is 0.702. The third kappa shape index (κ3) is 4.15. The highest BCUT2D eigenvalue weighted by atomic mass is 35.5. The lowest BCUT2D eigenvalue weighted by Gasteiger charge is -2.16. The number of benzene rings is 2. The summed E-state index contributed by atoms with van der Waals surface area (Å²) in [5.41, 5.74) is 3.32. The number of anilines is 1. The molecule has 0 radical (unpaired) electrons. The second kappa shape index (κ2) is 8.40. The molecule has 1 aliphatic heterocycles. The van der Waals surface area contributed by atoms with E-state index in [1.165, 1.54) is 12.8 Å². The largest absolute Gasteiger partial charge is 0.357 e. The van der Waals surface area contributed by atoms with E-state index in [2.05, 4.69) is 20.2 Å². The number of halogens is 1. The first-order valence-corrected chi connectivity index (χ1v) is 9.77. The van der Waals surface area contributed by atoms with Crippen LogP contribution in [0.2, 0.25) is 5.02 Å². The minimum Gasteiger partial charge on any atom is -0.357 e. The van der Waals surface area contributed by atoms with E-state index in [4.69, 9.17) is 11.6 Å². The summed E-state index contributed by atoms with van der Waals surface area (Å²) in [6.07, 6.45) is 4.02. The highest BCUT2D eigenvalue weighted by molar-refractivity contribution is 6.31. The average Bonchev–Trinajstić information content (AvgIpc) is 3.28. The third-order valence-corrected chi connectivity index (χ3v) is 5.29. The average molecular weight is 393 g/mol. The predicted molar refractivity (Wildman–Crippen MR) is 112 cm³/mol. The van der Waals surface area contributed by atoms with Crippen LogP contribution in [0.3, 0.4) is 0 Å². The Hall–Kier alpha value is -2.92. The van der Waals surface area contributed by atoms with Gasteiger partial charge in [0.05, 0.1) is 5.69 Å². The van der Waals surface area contributed by atoms with Crippen molar-refractivity contribution in [2.24, 2.45) is 0 Å².